The molecule has 0 aromatic heterocycles. The molecule has 0 heterocycles. The first kappa shape index (κ1) is 27.9. The standard InChI is InChI=1S/C22H45NO5Si/c1-16(15-26-29(12,13)22(8,9)10)14-17(18(24)27-20(2,3)4)23(11)19(25)28-21(5,6)7/h16-17H,14-15H2,1-13H3/t16-,17+/m1/s1. The smallest absolute Gasteiger partial charge is 0.410 e. The predicted octanol–water partition coefficient (Wildman–Crippen LogP) is 5.61. The van der Waals surface area contributed by atoms with Crippen molar-refractivity contribution in [3.05, 3.63) is 0 Å². The number of nitrogens with zero attached hydrogens (tertiary/aromatic N) is 1. The minimum Gasteiger partial charge on any atom is -0.458 e. The highest BCUT2D eigenvalue weighted by Crippen LogP contribution is 2.37. The van der Waals surface area contributed by atoms with Gasteiger partial charge in [-0.15, -0.1) is 0 Å². The summed E-state index contributed by atoms with van der Waals surface area (Å²) >= 11 is 0. The molecule has 6 nitrogen and oxygen atoms in total. The Morgan fingerprint density at radius 2 is 1.34 bits per heavy atom. The highest BCUT2D eigenvalue weighted by atomic mass is 28.4. The van der Waals surface area contributed by atoms with Crippen LogP contribution in [-0.4, -0.2) is 56.2 Å². The van der Waals surface area contributed by atoms with E-state index in [9.17, 15) is 9.59 Å². The molecule has 0 aromatic rings. The Kier molecular flexibility index (Phi) is 9.45. The van der Waals surface area contributed by atoms with Gasteiger partial charge in [-0.2, -0.15) is 0 Å². The number of likely N-dealkylation sites (N-methyl/N-ethyl adjacent to an activating group) is 1. The number of esters is 1. The van der Waals surface area contributed by atoms with Crippen molar-refractivity contribution in [3.63, 3.8) is 0 Å². The van der Waals surface area contributed by atoms with E-state index in [0.717, 1.165) is 0 Å². The van der Waals surface area contributed by atoms with Gasteiger partial charge in [-0.05, 0) is 72.0 Å². The molecule has 0 bridgehead atoms. The average Bonchev–Trinajstić information content (AvgIpc) is 2.45. The number of carbonyl (C=O) groups is 2. The Balaban J connectivity index is 5.35. The van der Waals surface area contributed by atoms with Gasteiger partial charge in [0.25, 0.3) is 0 Å². The van der Waals surface area contributed by atoms with E-state index < -0.39 is 37.6 Å². The van der Waals surface area contributed by atoms with Crippen molar-refractivity contribution in [2.75, 3.05) is 13.7 Å². The first-order valence-corrected chi connectivity index (χ1v) is 13.4. The second kappa shape index (κ2) is 9.82. The van der Waals surface area contributed by atoms with Crippen LogP contribution in [0.15, 0.2) is 0 Å². The normalized spacial score (nSPS) is 15.5. The van der Waals surface area contributed by atoms with Gasteiger partial charge in [-0.25, -0.2) is 9.59 Å². The summed E-state index contributed by atoms with van der Waals surface area (Å²) in [6, 6.07) is -0.734. The van der Waals surface area contributed by atoms with Gasteiger partial charge >= 0.3 is 12.1 Å². The van der Waals surface area contributed by atoms with E-state index >= 15 is 0 Å². The summed E-state index contributed by atoms with van der Waals surface area (Å²) in [4.78, 5) is 26.8. The van der Waals surface area contributed by atoms with Gasteiger partial charge in [0.05, 0.1) is 0 Å². The van der Waals surface area contributed by atoms with E-state index in [4.69, 9.17) is 13.9 Å². The topological polar surface area (TPSA) is 65.1 Å². The van der Waals surface area contributed by atoms with Crippen molar-refractivity contribution in [2.24, 2.45) is 5.92 Å². The van der Waals surface area contributed by atoms with Crippen LogP contribution in [0.25, 0.3) is 0 Å². The van der Waals surface area contributed by atoms with E-state index in [0.29, 0.717) is 13.0 Å². The highest BCUT2D eigenvalue weighted by Gasteiger charge is 2.38. The number of hydrogen-bond acceptors (Lipinski definition) is 5. The Morgan fingerprint density at radius 3 is 1.72 bits per heavy atom. The SMILES string of the molecule is C[C@@H](CO[Si](C)(C)C(C)(C)C)C[C@@H](C(=O)OC(C)(C)C)N(C)C(=O)OC(C)(C)C. The molecule has 0 aromatic carbocycles. The van der Waals surface area contributed by atoms with Crippen molar-refractivity contribution in [1.29, 1.82) is 0 Å². The summed E-state index contributed by atoms with van der Waals surface area (Å²) in [7, 11) is -0.299. The third-order valence-corrected chi connectivity index (χ3v) is 9.49. The monoisotopic (exact) mass is 431 g/mol. The van der Waals surface area contributed by atoms with Gasteiger partial charge in [0.15, 0.2) is 8.32 Å². The van der Waals surface area contributed by atoms with Gasteiger partial charge < -0.3 is 13.9 Å². The molecule has 0 saturated carbocycles. The minimum absolute atomic E-state index is 0.0755. The van der Waals surface area contributed by atoms with Crippen LogP contribution in [0, 0.1) is 5.92 Å². The van der Waals surface area contributed by atoms with E-state index in [1.807, 2.05) is 27.7 Å². The van der Waals surface area contributed by atoms with Crippen LogP contribution < -0.4 is 0 Å². The first-order chi connectivity index (χ1) is 12.7. The van der Waals surface area contributed by atoms with Crippen molar-refractivity contribution < 1.29 is 23.5 Å². The minimum atomic E-state index is -1.89. The second-order valence-electron chi connectivity index (χ2n) is 11.6. The average molecular weight is 432 g/mol. The zero-order valence-electron chi connectivity index (χ0n) is 21.1. The number of carbonyl (C=O) groups excluding carboxylic acids is 2. The Bertz CT molecular complexity index is 555. The summed E-state index contributed by atoms with van der Waals surface area (Å²) < 4.78 is 17.3. The van der Waals surface area contributed by atoms with Crippen molar-refractivity contribution >= 4 is 20.4 Å². The summed E-state index contributed by atoms with van der Waals surface area (Å²) in [5.41, 5.74) is -1.27. The number of hydrogen-bond donors (Lipinski definition) is 0. The molecule has 7 heteroatoms. The molecule has 172 valence electrons. The lowest BCUT2D eigenvalue weighted by atomic mass is 10.0. The van der Waals surface area contributed by atoms with E-state index in [1.54, 1.807) is 27.8 Å². The molecule has 0 fully saturated rings. The molecule has 0 spiro atoms. The van der Waals surface area contributed by atoms with Crippen LogP contribution in [0.3, 0.4) is 0 Å². The quantitative estimate of drug-likeness (QED) is 0.387. The molecule has 0 radical (unpaired) electrons. The van der Waals surface area contributed by atoms with Crippen LogP contribution >= 0.6 is 0 Å². The molecular formula is C22H45NO5Si. The molecule has 0 unspecified atom stereocenters. The lowest BCUT2D eigenvalue weighted by molar-refractivity contribution is -0.161. The number of rotatable bonds is 7. The molecule has 2 atom stereocenters. The first-order valence-electron chi connectivity index (χ1n) is 10.5. The predicted molar refractivity (Wildman–Crippen MR) is 121 cm³/mol. The van der Waals surface area contributed by atoms with E-state index in [2.05, 4.69) is 33.9 Å². The second-order valence-corrected chi connectivity index (χ2v) is 16.4. The Morgan fingerprint density at radius 1 is 0.897 bits per heavy atom. The molecule has 0 aliphatic carbocycles. The zero-order chi connectivity index (χ0) is 23.4. The van der Waals surface area contributed by atoms with Gasteiger partial charge in [0.2, 0.25) is 0 Å². The Hall–Kier alpha value is -1.08. The van der Waals surface area contributed by atoms with Crippen molar-refractivity contribution in [3.8, 4) is 0 Å². The molecular weight excluding hydrogens is 386 g/mol. The van der Waals surface area contributed by atoms with Crippen LogP contribution in [0.2, 0.25) is 18.1 Å². The maximum Gasteiger partial charge on any atom is 0.410 e. The third kappa shape index (κ3) is 10.5. The summed E-state index contributed by atoms with van der Waals surface area (Å²) in [5, 5.41) is 0.116. The summed E-state index contributed by atoms with van der Waals surface area (Å²) in [6.45, 7) is 24.4. The van der Waals surface area contributed by atoms with Crippen LogP contribution in [-0.2, 0) is 18.7 Å². The van der Waals surface area contributed by atoms with Gasteiger partial charge in [0.1, 0.15) is 17.2 Å². The van der Waals surface area contributed by atoms with Crippen LogP contribution in [0.5, 0.6) is 0 Å². The fourth-order valence-electron chi connectivity index (χ4n) is 2.26. The Labute approximate surface area is 179 Å². The van der Waals surface area contributed by atoms with Crippen molar-refractivity contribution in [2.45, 2.75) is 111 Å². The number of ether oxygens (including phenoxy) is 2. The molecule has 0 aliphatic heterocycles. The maximum atomic E-state index is 12.9. The third-order valence-electron chi connectivity index (χ3n) is 4.99. The maximum absolute atomic E-state index is 12.9. The van der Waals surface area contributed by atoms with E-state index in [-0.39, 0.29) is 11.0 Å². The number of amides is 1. The largest absolute Gasteiger partial charge is 0.458 e. The van der Waals surface area contributed by atoms with Crippen LogP contribution in [0.4, 0.5) is 4.79 Å². The zero-order valence-corrected chi connectivity index (χ0v) is 22.1. The highest BCUT2D eigenvalue weighted by molar-refractivity contribution is 6.74. The fourth-order valence-corrected chi connectivity index (χ4v) is 3.39. The molecule has 0 N–H and O–H groups in total. The lowest BCUT2D eigenvalue weighted by Crippen LogP contribution is -2.48. The summed E-state index contributed by atoms with van der Waals surface area (Å²) in [5.74, 6) is -0.350. The van der Waals surface area contributed by atoms with Gasteiger partial charge in [-0.3, -0.25) is 4.90 Å². The molecule has 1 amide bonds. The van der Waals surface area contributed by atoms with Crippen molar-refractivity contribution in [1.82, 2.24) is 4.90 Å². The van der Waals surface area contributed by atoms with Gasteiger partial charge in [-0.1, -0.05) is 27.7 Å². The van der Waals surface area contributed by atoms with E-state index in [1.165, 1.54) is 4.90 Å². The molecule has 0 saturated heterocycles. The van der Waals surface area contributed by atoms with Crippen LogP contribution in [0.1, 0.15) is 75.7 Å². The molecule has 29 heavy (non-hydrogen) atoms. The summed E-state index contributed by atoms with van der Waals surface area (Å²) in [6.07, 6.45) is -0.0925. The lowest BCUT2D eigenvalue weighted by Gasteiger charge is -2.37. The molecule has 0 rings (SSSR count). The van der Waals surface area contributed by atoms with Gasteiger partial charge in [0, 0.05) is 13.7 Å². The molecule has 0 aliphatic rings. The fraction of sp³-hybridized carbons (Fsp3) is 0.909.